The zero-order chi connectivity index (χ0) is 20.5. The Morgan fingerprint density at radius 3 is 2.69 bits per heavy atom. The fraction of sp³-hybridized carbons (Fsp3) is 0.316. The van der Waals surface area contributed by atoms with Crippen LogP contribution in [0.3, 0.4) is 0 Å². The molecule has 1 aromatic carbocycles. The van der Waals surface area contributed by atoms with Crippen LogP contribution in [-0.4, -0.2) is 25.5 Å². The number of halogens is 4. The van der Waals surface area contributed by atoms with E-state index in [0.29, 0.717) is 28.1 Å². The molecule has 1 amide bonds. The molecule has 0 radical (unpaired) electrons. The van der Waals surface area contributed by atoms with Gasteiger partial charge in [-0.1, -0.05) is 29.3 Å². The molecule has 1 saturated carbocycles. The van der Waals surface area contributed by atoms with Crippen molar-refractivity contribution in [3.05, 3.63) is 63.5 Å². The van der Waals surface area contributed by atoms with Crippen molar-refractivity contribution in [3.63, 3.8) is 0 Å². The number of aromatic nitrogens is 4. The largest absolute Gasteiger partial charge is 0.308 e. The van der Waals surface area contributed by atoms with Gasteiger partial charge in [0.2, 0.25) is 5.91 Å². The molecule has 4 rings (SSSR count). The van der Waals surface area contributed by atoms with Crippen LogP contribution in [0.15, 0.2) is 36.5 Å². The molecular weight excluding hydrogens is 423 g/mol. The van der Waals surface area contributed by atoms with Gasteiger partial charge in [-0.15, -0.1) is 0 Å². The number of nitrogens with zero attached hydrogens (tertiary/aromatic N) is 4. The highest BCUT2D eigenvalue weighted by Gasteiger charge is 2.30. The minimum atomic E-state index is -2.66. The summed E-state index contributed by atoms with van der Waals surface area (Å²) in [6.07, 6.45) is 0.896. The van der Waals surface area contributed by atoms with Crippen LogP contribution in [-0.2, 0) is 17.9 Å². The highest BCUT2D eigenvalue weighted by molar-refractivity contribution is 6.35. The van der Waals surface area contributed by atoms with E-state index in [1.54, 1.807) is 29.1 Å². The highest BCUT2D eigenvalue weighted by atomic mass is 35.5. The van der Waals surface area contributed by atoms with Gasteiger partial charge in [0.25, 0.3) is 6.43 Å². The number of nitrogens with one attached hydrogen (secondary N) is 1. The Hall–Kier alpha value is -2.45. The van der Waals surface area contributed by atoms with E-state index in [0.717, 1.165) is 18.4 Å². The first-order valence-corrected chi connectivity index (χ1v) is 9.77. The van der Waals surface area contributed by atoms with Crippen LogP contribution in [0.4, 0.5) is 14.6 Å². The molecule has 0 aliphatic heterocycles. The molecule has 152 valence electrons. The monoisotopic (exact) mass is 439 g/mol. The molecule has 29 heavy (non-hydrogen) atoms. The Morgan fingerprint density at radius 2 is 2.00 bits per heavy atom. The van der Waals surface area contributed by atoms with Gasteiger partial charge in [-0.2, -0.15) is 10.2 Å². The molecule has 0 spiro atoms. The summed E-state index contributed by atoms with van der Waals surface area (Å²) < 4.78 is 28.9. The topological polar surface area (TPSA) is 64.7 Å². The second kappa shape index (κ2) is 8.12. The smallest absolute Gasteiger partial charge is 0.282 e. The lowest BCUT2D eigenvalue weighted by Crippen LogP contribution is -2.21. The van der Waals surface area contributed by atoms with Crippen molar-refractivity contribution in [1.29, 1.82) is 0 Å². The molecule has 3 aromatic rings. The Morgan fingerprint density at radius 1 is 1.21 bits per heavy atom. The maximum absolute atomic E-state index is 13.0. The second-order valence-corrected chi connectivity index (χ2v) is 7.75. The molecule has 0 bridgehead atoms. The maximum Gasteiger partial charge on any atom is 0.282 e. The van der Waals surface area contributed by atoms with Gasteiger partial charge >= 0.3 is 0 Å². The normalized spacial score (nSPS) is 13.8. The third-order valence-corrected chi connectivity index (χ3v) is 5.19. The first kappa shape index (κ1) is 19.8. The van der Waals surface area contributed by atoms with E-state index in [1.165, 1.54) is 10.7 Å². The molecule has 0 unspecified atom stereocenters. The molecular formula is C19H17Cl2F2N5O. The first-order valence-electron chi connectivity index (χ1n) is 9.02. The third kappa shape index (κ3) is 4.76. The molecule has 2 aromatic heterocycles. The average molecular weight is 440 g/mol. The summed E-state index contributed by atoms with van der Waals surface area (Å²) in [4.78, 5) is 12.4. The van der Waals surface area contributed by atoms with Crippen LogP contribution < -0.4 is 5.32 Å². The van der Waals surface area contributed by atoms with Crippen molar-refractivity contribution < 1.29 is 13.6 Å². The van der Waals surface area contributed by atoms with Crippen LogP contribution in [0.2, 0.25) is 10.0 Å². The summed E-state index contributed by atoms with van der Waals surface area (Å²) in [5.41, 5.74) is 1.21. The quantitative estimate of drug-likeness (QED) is 0.569. The van der Waals surface area contributed by atoms with Gasteiger partial charge in [0, 0.05) is 33.9 Å². The van der Waals surface area contributed by atoms with Crippen LogP contribution >= 0.6 is 23.2 Å². The van der Waals surface area contributed by atoms with E-state index in [-0.39, 0.29) is 24.1 Å². The van der Waals surface area contributed by atoms with Gasteiger partial charge in [0.05, 0.1) is 6.54 Å². The van der Waals surface area contributed by atoms with E-state index < -0.39 is 6.43 Å². The van der Waals surface area contributed by atoms with Gasteiger partial charge in [-0.25, -0.2) is 8.78 Å². The number of hydrogen-bond donors (Lipinski definition) is 1. The van der Waals surface area contributed by atoms with Gasteiger partial charge in [0.15, 0.2) is 5.82 Å². The van der Waals surface area contributed by atoms with Crippen molar-refractivity contribution in [2.75, 3.05) is 5.32 Å². The first-order chi connectivity index (χ1) is 13.9. The van der Waals surface area contributed by atoms with E-state index >= 15 is 0 Å². The van der Waals surface area contributed by atoms with Crippen molar-refractivity contribution >= 4 is 34.9 Å². The lowest BCUT2D eigenvalue weighted by molar-refractivity contribution is -0.117. The highest BCUT2D eigenvalue weighted by Crippen LogP contribution is 2.41. The Bertz CT molecular complexity index is 1050. The van der Waals surface area contributed by atoms with Crippen LogP contribution in [0.1, 0.15) is 42.1 Å². The fourth-order valence-corrected chi connectivity index (χ4v) is 3.52. The van der Waals surface area contributed by atoms with E-state index in [1.807, 2.05) is 6.07 Å². The minimum Gasteiger partial charge on any atom is -0.308 e. The SMILES string of the molecule is O=C(Cn1nc(C(F)F)cc1C1CC1)Nc1ccn(Cc2ccc(Cl)cc2Cl)n1. The third-order valence-electron chi connectivity index (χ3n) is 4.60. The average Bonchev–Trinajstić information content (AvgIpc) is 3.27. The zero-order valence-corrected chi connectivity index (χ0v) is 16.7. The predicted molar refractivity (Wildman–Crippen MR) is 106 cm³/mol. The van der Waals surface area contributed by atoms with Crippen molar-refractivity contribution in [3.8, 4) is 0 Å². The summed E-state index contributed by atoms with van der Waals surface area (Å²) >= 11 is 12.1. The Balaban J connectivity index is 1.41. The standard InChI is InChI=1S/C19H17Cl2F2N5O/c20-13-4-3-12(14(21)7-13)9-27-6-5-17(26-27)24-18(29)10-28-16(11-1-2-11)8-15(25-28)19(22)23/h3-8,11,19H,1-2,9-10H2,(H,24,26,29). The number of carbonyl (C=O) groups excluding carboxylic acids is 1. The van der Waals surface area contributed by atoms with Crippen molar-refractivity contribution in [1.82, 2.24) is 19.6 Å². The van der Waals surface area contributed by atoms with E-state index in [4.69, 9.17) is 23.2 Å². The van der Waals surface area contributed by atoms with Gasteiger partial charge in [-0.05, 0) is 36.6 Å². The van der Waals surface area contributed by atoms with Crippen molar-refractivity contribution in [2.45, 2.75) is 38.3 Å². The number of hydrogen-bond acceptors (Lipinski definition) is 3. The minimum absolute atomic E-state index is 0.144. The summed E-state index contributed by atoms with van der Waals surface area (Å²) in [7, 11) is 0. The van der Waals surface area contributed by atoms with Crippen LogP contribution in [0, 0.1) is 0 Å². The van der Waals surface area contributed by atoms with Crippen molar-refractivity contribution in [2.24, 2.45) is 0 Å². The lowest BCUT2D eigenvalue weighted by Gasteiger charge is -2.07. The maximum atomic E-state index is 13.0. The molecule has 6 nitrogen and oxygen atoms in total. The Kier molecular flexibility index (Phi) is 5.56. The summed E-state index contributed by atoms with van der Waals surface area (Å²) in [6, 6.07) is 8.24. The fourth-order valence-electron chi connectivity index (χ4n) is 3.05. The molecule has 0 saturated heterocycles. The molecule has 1 aliphatic rings. The molecule has 1 fully saturated rings. The molecule has 2 heterocycles. The molecule has 1 aliphatic carbocycles. The zero-order valence-electron chi connectivity index (χ0n) is 15.2. The van der Waals surface area contributed by atoms with Crippen LogP contribution in [0.25, 0.3) is 0 Å². The van der Waals surface area contributed by atoms with Gasteiger partial charge in [-0.3, -0.25) is 14.2 Å². The summed E-state index contributed by atoms with van der Waals surface area (Å²) in [5.74, 6) is 0.172. The number of anilines is 1. The number of benzene rings is 1. The van der Waals surface area contributed by atoms with Gasteiger partial charge in [0.1, 0.15) is 12.2 Å². The van der Waals surface area contributed by atoms with E-state index in [2.05, 4.69) is 15.5 Å². The number of alkyl halides is 2. The number of amides is 1. The van der Waals surface area contributed by atoms with E-state index in [9.17, 15) is 13.6 Å². The predicted octanol–water partition coefficient (Wildman–Crippen LogP) is 4.89. The van der Waals surface area contributed by atoms with Crippen LogP contribution in [0.5, 0.6) is 0 Å². The summed E-state index contributed by atoms with van der Waals surface area (Å²) in [5, 5.41) is 11.9. The Labute approximate surface area is 175 Å². The van der Waals surface area contributed by atoms with Gasteiger partial charge < -0.3 is 5.32 Å². The number of carbonyl (C=O) groups is 1. The molecule has 10 heteroatoms. The second-order valence-electron chi connectivity index (χ2n) is 6.91. The molecule has 1 N–H and O–H groups in total. The number of rotatable bonds is 7. The molecule has 0 atom stereocenters. The summed E-state index contributed by atoms with van der Waals surface area (Å²) in [6.45, 7) is 0.267. The lowest BCUT2D eigenvalue weighted by atomic mass is 10.2.